The molecule has 0 aromatic heterocycles. The number of halogens is 3. The summed E-state index contributed by atoms with van der Waals surface area (Å²) >= 11 is 0. The van der Waals surface area contributed by atoms with Gasteiger partial charge in [0.25, 0.3) is 0 Å². The standard InChI is InChI=1S/C4H5F3O6P2/c5-4-3-2(11-15(7,9)13-4)1-10-14(6,8)12-3/h2-4H,1H2. The Labute approximate surface area is 81.9 Å². The monoisotopic (exact) mass is 268 g/mol. The van der Waals surface area contributed by atoms with Gasteiger partial charge in [0, 0.05) is 0 Å². The molecule has 11 heteroatoms. The summed E-state index contributed by atoms with van der Waals surface area (Å²) < 4.78 is 75.5. The fraction of sp³-hybridized carbons (Fsp3) is 1.00. The van der Waals surface area contributed by atoms with Crippen LogP contribution in [0.15, 0.2) is 0 Å². The number of alkyl halides is 1. The Balaban J connectivity index is 2.18. The lowest BCUT2D eigenvalue weighted by Crippen LogP contribution is -2.47. The molecule has 0 radical (unpaired) electrons. The number of hydrogen-bond donors (Lipinski definition) is 0. The van der Waals surface area contributed by atoms with Gasteiger partial charge in [0.1, 0.15) is 6.10 Å². The van der Waals surface area contributed by atoms with Crippen LogP contribution in [0, 0.1) is 0 Å². The van der Waals surface area contributed by atoms with Crippen LogP contribution in [0.3, 0.4) is 0 Å². The van der Waals surface area contributed by atoms with Crippen molar-refractivity contribution in [1.29, 1.82) is 0 Å². The van der Waals surface area contributed by atoms with Gasteiger partial charge in [0.15, 0.2) is 6.10 Å². The molecule has 6 nitrogen and oxygen atoms in total. The van der Waals surface area contributed by atoms with Crippen LogP contribution in [0.4, 0.5) is 12.8 Å². The Morgan fingerprint density at radius 2 is 1.73 bits per heavy atom. The van der Waals surface area contributed by atoms with Gasteiger partial charge >= 0.3 is 15.8 Å². The van der Waals surface area contributed by atoms with Crippen LogP contribution in [0.5, 0.6) is 0 Å². The van der Waals surface area contributed by atoms with Crippen molar-refractivity contribution in [1.82, 2.24) is 0 Å². The summed E-state index contributed by atoms with van der Waals surface area (Å²) in [6, 6.07) is 0. The van der Waals surface area contributed by atoms with Crippen molar-refractivity contribution in [2.75, 3.05) is 6.61 Å². The molecule has 5 atom stereocenters. The van der Waals surface area contributed by atoms with Gasteiger partial charge in [0.05, 0.1) is 6.61 Å². The molecule has 2 saturated heterocycles. The molecule has 5 unspecified atom stereocenters. The molecule has 0 aliphatic carbocycles. The quantitative estimate of drug-likeness (QED) is 0.627. The van der Waals surface area contributed by atoms with Gasteiger partial charge in [-0.25, -0.2) is 18.0 Å². The summed E-state index contributed by atoms with van der Waals surface area (Å²) in [4.78, 5) is 0. The van der Waals surface area contributed by atoms with Crippen LogP contribution in [0.2, 0.25) is 0 Å². The molecule has 2 heterocycles. The molecule has 0 aromatic carbocycles. The van der Waals surface area contributed by atoms with E-state index in [9.17, 15) is 21.9 Å². The fourth-order valence-electron chi connectivity index (χ4n) is 1.17. The van der Waals surface area contributed by atoms with Gasteiger partial charge in [-0.2, -0.15) is 0 Å². The fourth-order valence-corrected chi connectivity index (χ4v) is 3.00. The van der Waals surface area contributed by atoms with Gasteiger partial charge in [-0.3, -0.25) is 13.6 Å². The molecule has 2 fully saturated rings. The van der Waals surface area contributed by atoms with Gasteiger partial charge in [0.2, 0.25) is 6.36 Å². The average Bonchev–Trinajstić information content (AvgIpc) is 2.05. The summed E-state index contributed by atoms with van der Waals surface area (Å²) in [5.74, 6) is 0. The second kappa shape index (κ2) is 3.55. The number of fused-ring (bicyclic) bond motifs is 1. The Morgan fingerprint density at radius 3 is 2.40 bits per heavy atom. The van der Waals surface area contributed by atoms with E-state index in [0.717, 1.165) is 0 Å². The van der Waals surface area contributed by atoms with E-state index in [1.807, 2.05) is 0 Å². The predicted molar refractivity (Wildman–Crippen MR) is 39.1 cm³/mol. The highest BCUT2D eigenvalue weighted by Crippen LogP contribution is 2.62. The zero-order valence-corrected chi connectivity index (χ0v) is 8.71. The molecule has 0 N–H and O–H groups in total. The zero-order valence-electron chi connectivity index (χ0n) is 6.92. The summed E-state index contributed by atoms with van der Waals surface area (Å²) in [5.41, 5.74) is 0. The lowest BCUT2D eigenvalue weighted by molar-refractivity contribution is -0.162. The minimum Gasteiger partial charge on any atom is -0.281 e. The third-order valence-corrected chi connectivity index (χ3v) is 3.68. The Morgan fingerprint density at radius 1 is 1.07 bits per heavy atom. The summed E-state index contributed by atoms with van der Waals surface area (Å²) in [6.45, 7) is -0.726. The average molecular weight is 268 g/mol. The molecule has 0 spiro atoms. The van der Waals surface area contributed by atoms with E-state index in [0.29, 0.717) is 0 Å². The van der Waals surface area contributed by atoms with E-state index < -0.39 is 41.0 Å². The minimum atomic E-state index is -5.02. The van der Waals surface area contributed by atoms with Crippen molar-refractivity contribution in [3.63, 3.8) is 0 Å². The summed E-state index contributed by atoms with van der Waals surface area (Å²) in [6.07, 6.45) is -5.73. The maximum Gasteiger partial charge on any atom is 0.516 e. The first-order valence-electron chi connectivity index (χ1n) is 3.72. The van der Waals surface area contributed by atoms with E-state index in [-0.39, 0.29) is 0 Å². The van der Waals surface area contributed by atoms with Crippen LogP contribution in [-0.2, 0) is 27.2 Å². The van der Waals surface area contributed by atoms with Gasteiger partial charge in [-0.05, 0) is 0 Å². The second-order valence-corrected chi connectivity index (χ2v) is 5.44. The first-order valence-corrected chi connectivity index (χ1v) is 6.59. The minimum absolute atomic E-state index is 0.726. The van der Waals surface area contributed by atoms with Crippen molar-refractivity contribution < 1.29 is 40.0 Å². The molecule has 0 amide bonds. The Kier molecular flexibility index (Phi) is 2.74. The highest BCUT2D eigenvalue weighted by molar-refractivity contribution is 7.48. The van der Waals surface area contributed by atoms with Crippen LogP contribution in [-0.4, -0.2) is 25.2 Å². The normalized spacial score (nSPS) is 56.1. The van der Waals surface area contributed by atoms with E-state index in [2.05, 4.69) is 18.1 Å². The van der Waals surface area contributed by atoms with Crippen molar-refractivity contribution in [3.8, 4) is 0 Å². The molecular formula is C4H5F3O6P2. The first-order chi connectivity index (χ1) is 6.79. The summed E-state index contributed by atoms with van der Waals surface area (Å²) in [5, 5.41) is 0. The third kappa shape index (κ3) is 2.43. The van der Waals surface area contributed by atoms with E-state index in [1.165, 1.54) is 0 Å². The molecule has 2 aliphatic rings. The van der Waals surface area contributed by atoms with Crippen LogP contribution >= 0.6 is 15.8 Å². The van der Waals surface area contributed by atoms with Crippen molar-refractivity contribution in [3.05, 3.63) is 0 Å². The van der Waals surface area contributed by atoms with E-state index in [4.69, 9.17) is 0 Å². The topological polar surface area (TPSA) is 71.1 Å². The van der Waals surface area contributed by atoms with Crippen LogP contribution < -0.4 is 0 Å². The predicted octanol–water partition coefficient (Wildman–Crippen LogP) is 2.27. The largest absolute Gasteiger partial charge is 0.516 e. The summed E-state index contributed by atoms with van der Waals surface area (Å²) in [7, 11) is -9.89. The maximum absolute atomic E-state index is 13.0. The Bertz CT molecular complexity index is 362. The molecule has 2 aliphatic heterocycles. The Hall–Kier alpha value is 0.0900. The number of rotatable bonds is 0. The van der Waals surface area contributed by atoms with Crippen molar-refractivity contribution in [2.45, 2.75) is 18.6 Å². The van der Waals surface area contributed by atoms with Crippen LogP contribution in [0.25, 0.3) is 0 Å². The third-order valence-electron chi connectivity index (χ3n) is 1.75. The van der Waals surface area contributed by atoms with Crippen molar-refractivity contribution >= 4 is 15.8 Å². The second-order valence-electron chi connectivity index (χ2n) is 2.83. The molecule has 0 aromatic rings. The molecule has 0 bridgehead atoms. The van der Waals surface area contributed by atoms with Crippen LogP contribution in [0.1, 0.15) is 0 Å². The SMILES string of the molecule is O=P1(F)OC(F)C2OP(=O)(F)OCC2O1. The first kappa shape index (κ1) is 11.6. The van der Waals surface area contributed by atoms with Gasteiger partial charge in [-0.1, -0.05) is 0 Å². The lowest BCUT2D eigenvalue weighted by Gasteiger charge is -2.37. The van der Waals surface area contributed by atoms with E-state index in [1.54, 1.807) is 0 Å². The zero-order chi connectivity index (χ0) is 11.3. The molecule has 15 heavy (non-hydrogen) atoms. The van der Waals surface area contributed by atoms with Gasteiger partial charge in [-0.15, -0.1) is 8.39 Å². The molecule has 2 rings (SSSR count). The smallest absolute Gasteiger partial charge is 0.281 e. The lowest BCUT2D eigenvalue weighted by atomic mass is 10.2. The molecule has 0 saturated carbocycles. The molecular weight excluding hydrogens is 263 g/mol. The van der Waals surface area contributed by atoms with E-state index >= 15 is 0 Å². The van der Waals surface area contributed by atoms with Crippen molar-refractivity contribution in [2.24, 2.45) is 0 Å². The van der Waals surface area contributed by atoms with Gasteiger partial charge < -0.3 is 0 Å². The molecule has 88 valence electrons. The number of hydrogen-bond acceptors (Lipinski definition) is 6. The highest BCUT2D eigenvalue weighted by Gasteiger charge is 2.54. The maximum atomic E-state index is 13.0. The highest BCUT2D eigenvalue weighted by atomic mass is 31.2.